The van der Waals surface area contributed by atoms with E-state index in [1.54, 1.807) is 23.4 Å². The van der Waals surface area contributed by atoms with E-state index >= 15 is 0 Å². The van der Waals surface area contributed by atoms with E-state index in [1.165, 1.54) is 12.3 Å². The second-order valence-electron chi connectivity index (χ2n) is 8.03. The molecule has 3 amide bonds. The first-order valence-electron chi connectivity index (χ1n) is 10.9. The van der Waals surface area contributed by atoms with Crippen LogP contribution in [0.1, 0.15) is 17.7 Å². The summed E-state index contributed by atoms with van der Waals surface area (Å²) < 4.78 is 5.96. The highest BCUT2D eigenvalue weighted by Crippen LogP contribution is 2.27. The Hall–Kier alpha value is -4.27. The Bertz CT molecular complexity index is 1210. The van der Waals surface area contributed by atoms with Crippen LogP contribution in [0.5, 0.6) is 5.75 Å². The van der Waals surface area contributed by atoms with Crippen LogP contribution in [0.25, 0.3) is 11.3 Å². The number of carbonyl (C=O) groups excluding carboxylic acids is 2. The van der Waals surface area contributed by atoms with Crippen LogP contribution >= 0.6 is 0 Å². The molecule has 0 spiro atoms. The second kappa shape index (κ2) is 10.1. The summed E-state index contributed by atoms with van der Waals surface area (Å²) in [5.41, 5.74) is 3.84. The number of amides is 3. The number of aryl methyl sites for hydroxylation is 2. The number of anilines is 2. The number of nitrogens with one attached hydrogen (secondary N) is 2. The SMILES string of the molecule is C=CC(=O)N1CCC1COc1ccc(-c2cncc(NC(=O)Nc3ccc(C)nc3)n2)cc1C. The molecule has 34 heavy (non-hydrogen) atoms. The van der Waals surface area contributed by atoms with Crippen molar-refractivity contribution >= 4 is 23.4 Å². The molecule has 9 heteroatoms. The van der Waals surface area contributed by atoms with E-state index < -0.39 is 6.03 Å². The van der Waals surface area contributed by atoms with E-state index in [0.29, 0.717) is 23.8 Å². The number of pyridine rings is 1. The van der Waals surface area contributed by atoms with Crippen molar-refractivity contribution in [3.05, 3.63) is 72.8 Å². The molecular formula is C25H26N6O3. The van der Waals surface area contributed by atoms with Gasteiger partial charge in [-0.2, -0.15) is 0 Å². The maximum absolute atomic E-state index is 12.3. The first-order chi connectivity index (χ1) is 16.4. The van der Waals surface area contributed by atoms with E-state index in [4.69, 9.17) is 4.74 Å². The van der Waals surface area contributed by atoms with Crippen LogP contribution in [-0.4, -0.2) is 51.0 Å². The molecule has 1 unspecified atom stereocenters. The van der Waals surface area contributed by atoms with Crippen molar-refractivity contribution < 1.29 is 14.3 Å². The van der Waals surface area contributed by atoms with Crippen molar-refractivity contribution in [3.8, 4) is 17.0 Å². The summed E-state index contributed by atoms with van der Waals surface area (Å²) in [4.78, 5) is 38.7. The minimum absolute atomic E-state index is 0.0665. The van der Waals surface area contributed by atoms with Crippen molar-refractivity contribution in [2.24, 2.45) is 0 Å². The van der Waals surface area contributed by atoms with Gasteiger partial charge in [-0.15, -0.1) is 0 Å². The molecule has 0 saturated carbocycles. The highest BCUT2D eigenvalue weighted by molar-refractivity contribution is 5.99. The summed E-state index contributed by atoms with van der Waals surface area (Å²) in [6, 6.07) is 8.94. The van der Waals surface area contributed by atoms with Gasteiger partial charge < -0.3 is 15.0 Å². The van der Waals surface area contributed by atoms with Gasteiger partial charge in [0.25, 0.3) is 0 Å². The van der Waals surface area contributed by atoms with E-state index in [-0.39, 0.29) is 11.9 Å². The van der Waals surface area contributed by atoms with Crippen LogP contribution in [0.2, 0.25) is 0 Å². The third-order valence-electron chi connectivity index (χ3n) is 5.55. The first-order valence-corrected chi connectivity index (χ1v) is 10.9. The van der Waals surface area contributed by atoms with Gasteiger partial charge in [0.05, 0.1) is 36.0 Å². The highest BCUT2D eigenvalue weighted by Gasteiger charge is 2.31. The van der Waals surface area contributed by atoms with Gasteiger partial charge in [0.1, 0.15) is 12.4 Å². The molecule has 4 rings (SSSR count). The molecule has 1 atom stereocenters. The van der Waals surface area contributed by atoms with E-state index in [9.17, 15) is 9.59 Å². The monoisotopic (exact) mass is 458 g/mol. The van der Waals surface area contributed by atoms with Crippen molar-refractivity contribution in [2.45, 2.75) is 26.3 Å². The van der Waals surface area contributed by atoms with E-state index in [1.807, 2.05) is 38.1 Å². The molecule has 0 radical (unpaired) electrons. The number of hydrogen-bond acceptors (Lipinski definition) is 6. The molecule has 0 bridgehead atoms. The molecule has 3 heterocycles. The Morgan fingerprint density at radius 1 is 1.18 bits per heavy atom. The number of carbonyl (C=O) groups is 2. The van der Waals surface area contributed by atoms with Crippen LogP contribution in [-0.2, 0) is 4.79 Å². The number of nitrogens with zero attached hydrogens (tertiary/aromatic N) is 4. The first kappa shape index (κ1) is 22.9. The van der Waals surface area contributed by atoms with Crippen molar-refractivity contribution in [3.63, 3.8) is 0 Å². The Balaban J connectivity index is 1.38. The molecule has 3 aromatic rings. The zero-order chi connectivity index (χ0) is 24.1. The zero-order valence-electron chi connectivity index (χ0n) is 19.1. The van der Waals surface area contributed by atoms with Gasteiger partial charge in [-0.05, 0) is 62.2 Å². The Morgan fingerprint density at radius 3 is 2.71 bits per heavy atom. The van der Waals surface area contributed by atoms with Crippen LogP contribution in [0.15, 0.2) is 61.6 Å². The Labute approximate surface area is 197 Å². The van der Waals surface area contributed by atoms with Gasteiger partial charge in [0, 0.05) is 17.8 Å². The van der Waals surface area contributed by atoms with Crippen LogP contribution in [0, 0.1) is 13.8 Å². The predicted molar refractivity (Wildman–Crippen MR) is 130 cm³/mol. The number of urea groups is 1. The topological polar surface area (TPSA) is 109 Å². The highest BCUT2D eigenvalue weighted by atomic mass is 16.5. The fourth-order valence-corrected chi connectivity index (χ4v) is 3.56. The van der Waals surface area contributed by atoms with Gasteiger partial charge >= 0.3 is 6.03 Å². The maximum Gasteiger partial charge on any atom is 0.324 e. The molecule has 0 aliphatic carbocycles. The summed E-state index contributed by atoms with van der Waals surface area (Å²) in [5.74, 6) is 1.00. The lowest BCUT2D eigenvalue weighted by molar-refractivity contribution is -0.134. The lowest BCUT2D eigenvalue weighted by Gasteiger charge is -2.40. The summed E-state index contributed by atoms with van der Waals surface area (Å²) in [5, 5.41) is 5.40. The Kier molecular flexibility index (Phi) is 6.82. The second-order valence-corrected chi connectivity index (χ2v) is 8.03. The van der Waals surface area contributed by atoms with Crippen molar-refractivity contribution in [1.82, 2.24) is 19.9 Å². The summed E-state index contributed by atoms with van der Waals surface area (Å²) in [7, 11) is 0. The number of aromatic nitrogens is 3. The number of hydrogen-bond donors (Lipinski definition) is 2. The number of benzene rings is 1. The summed E-state index contributed by atoms with van der Waals surface area (Å²) in [6.07, 6.45) is 6.95. The fraction of sp³-hybridized carbons (Fsp3) is 0.240. The molecular weight excluding hydrogens is 432 g/mol. The largest absolute Gasteiger partial charge is 0.491 e. The summed E-state index contributed by atoms with van der Waals surface area (Å²) >= 11 is 0. The summed E-state index contributed by atoms with van der Waals surface area (Å²) in [6.45, 7) is 8.53. The van der Waals surface area contributed by atoms with Crippen LogP contribution in [0.3, 0.4) is 0 Å². The molecule has 1 aliphatic heterocycles. The van der Waals surface area contributed by atoms with Crippen LogP contribution < -0.4 is 15.4 Å². The van der Waals surface area contributed by atoms with E-state index in [0.717, 1.165) is 35.5 Å². The fourth-order valence-electron chi connectivity index (χ4n) is 3.56. The van der Waals surface area contributed by atoms with Gasteiger partial charge in [-0.3, -0.25) is 20.1 Å². The smallest absolute Gasteiger partial charge is 0.324 e. The van der Waals surface area contributed by atoms with Crippen molar-refractivity contribution in [1.29, 1.82) is 0 Å². The number of likely N-dealkylation sites (tertiary alicyclic amines) is 1. The zero-order valence-corrected chi connectivity index (χ0v) is 19.1. The van der Waals surface area contributed by atoms with Gasteiger partial charge in [-0.25, -0.2) is 9.78 Å². The molecule has 1 aromatic carbocycles. The van der Waals surface area contributed by atoms with Gasteiger partial charge in [0.15, 0.2) is 5.82 Å². The standard InChI is InChI=1S/C25H26N6O3/c1-4-24(32)31-10-9-20(31)15-34-22-8-6-18(11-16(22)2)21-13-26-14-23(29-21)30-25(33)28-19-7-5-17(3)27-12-19/h4-8,11-14,20H,1,9-10,15H2,2-3H3,(H2,28,29,30,33). The lowest BCUT2D eigenvalue weighted by Crippen LogP contribution is -2.53. The lowest BCUT2D eigenvalue weighted by atomic mass is 10.0. The third kappa shape index (κ3) is 5.37. The third-order valence-corrected chi connectivity index (χ3v) is 5.55. The minimum atomic E-state index is -0.433. The minimum Gasteiger partial charge on any atom is -0.491 e. The van der Waals surface area contributed by atoms with Gasteiger partial charge in [-0.1, -0.05) is 6.58 Å². The normalized spacial score (nSPS) is 14.6. The molecule has 1 saturated heterocycles. The maximum atomic E-state index is 12.3. The predicted octanol–water partition coefficient (Wildman–Crippen LogP) is 3.97. The quantitative estimate of drug-likeness (QED) is 0.519. The Morgan fingerprint density at radius 2 is 2.03 bits per heavy atom. The van der Waals surface area contributed by atoms with Crippen molar-refractivity contribution in [2.75, 3.05) is 23.8 Å². The van der Waals surface area contributed by atoms with E-state index in [2.05, 4.69) is 32.2 Å². The molecule has 1 fully saturated rings. The number of ether oxygens (including phenoxy) is 1. The molecule has 2 N–H and O–H groups in total. The molecule has 2 aromatic heterocycles. The number of rotatable bonds is 7. The molecule has 1 aliphatic rings. The van der Waals surface area contributed by atoms with Crippen LogP contribution in [0.4, 0.5) is 16.3 Å². The molecule has 9 nitrogen and oxygen atoms in total. The average molecular weight is 459 g/mol. The molecule has 174 valence electrons. The average Bonchev–Trinajstić information content (AvgIpc) is 2.81. The van der Waals surface area contributed by atoms with Gasteiger partial charge in [0.2, 0.25) is 5.91 Å².